The molecule has 0 aliphatic carbocycles. The number of aliphatic hydroxyl groups is 1. The number of benzene rings is 1. The largest absolute Gasteiger partial charge is 0.493 e. The SMILES string of the molecule is CCOC(=O)NC(Cc1ccc(OC)c(OC)c1)C(O)C(=O)OC(C)(C)C. The van der Waals surface area contributed by atoms with Gasteiger partial charge in [-0.2, -0.15) is 0 Å². The summed E-state index contributed by atoms with van der Waals surface area (Å²) in [5.74, 6) is 0.213. The van der Waals surface area contributed by atoms with E-state index < -0.39 is 29.8 Å². The summed E-state index contributed by atoms with van der Waals surface area (Å²) >= 11 is 0. The third kappa shape index (κ3) is 7.34. The van der Waals surface area contributed by atoms with Crippen LogP contribution in [0.1, 0.15) is 33.3 Å². The highest BCUT2D eigenvalue weighted by molar-refractivity contribution is 5.77. The predicted octanol–water partition coefficient (Wildman–Crippen LogP) is 2.06. The quantitative estimate of drug-likeness (QED) is 0.662. The number of esters is 1. The second-order valence-corrected chi connectivity index (χ2v) is 6.84. The Hall–Kier alpha value is -2.48. The monoisotopic (exact) mass is 383 g/mol. The Morgan fingerprint density at radius 1 is 1.15 bits per heavy atom. The van der Waals surface area contributed by atoms with Crippen LogP contribution in [0.25, 0.3) is 0 Å². The van der Waals surface area contributed by atoms with Crippen molar-refractivity contribution in [3.8, 4) is 11.5 Å². The van der Waals surface area contributed by atoms with E-state index in [0.29, 0.717) is 11.5 Å². The summed E-state index contributed by atoms with van der Waals surface area (Å²) in [6.45, 7) is 6.91. The van der Waals surface area contributed by atoms with E-state index in [-0.39, 0.29) is 13.0 Å². The lowest BCUT2D eigenvalue weighted by atomic mass is 10.0. The second kappa shape index (κ2) is 10.0. The molecule has 0 bridgehead atoms. The van der Waals surface area contributed by atoms with Gasteiger partial charge in [-0.15, -0.1) is 0 Å². The Balaban J connectivity index is 3.04. The summed E-state index contributed by atoms with van der Waals surface area (Å²) in [6.07, 6.45) is -2.15. The molecule has 2 unspecified atom stereocenters. The Bertz CT molecular complexity index is 639. The van der Waals surface area contributed by atoms with Gasteiger partial charge in [-0.05, 0) is 51.8 Å². The molecule has 0 saturated carbocycles. The number of methoxy groups -OCH3 is 2. The number of hydrogen-bond acceptors (Lipinski definition) is 7. The standard InChI is InChI=1S/C19H29NO7/c1-7-26-18(23)20-13(16(21)17(22)27-19(2,3)4)10-12-8-9-14(24-5)15(11-12)25-6/h8-9,11,13,16,21H,7,10H2,1-6H3,(H,20,23). The lowest BCUT2D eigenvalue weighted by molar-refractivity contribution is -0.166. The van der Waals surface area contributed by atoms with E-state index in [9.17, 15) is 14.7 Å². The van der Waals surface area contributed by atoms with Crippen LogP contribution in [0.4, 0.5) is 4.79 Å². The third-order valence-corrected chi connectivity index (χ3v) is 3.51. The average Bonchev–Trinajstić information content (AvgIpc) is 2.59. The van der Waals surface area contributed by atoms with Gasteiger partial charge in [-0.1, -0.05) is 6.07 Å². The molecule has 27 heavy (non-hydrogen) atoms. The fourth-order valence-corrected chi connectivity index (χ4v) is 2.35. The highest BCUT2D eigenvalue weighted by Gasteiger charge is 2.32. The molecule has 0 radical (unpaired) electrons. The molecule has 1 aromatic carbocycles. The van der Waals surface area contributed by atoms with Crippen molar-refractivity contribution < 1.29 is 33.6 Å². The van der Waals surface area contributed by atoms with E-state index in [1.165, 1.54) is 14.2 Å². The van der Waals surface area contributed by atoms with Crippen LogP contribution in [-0.2, 0) is 20.7 Å². The van der Waals surface area contributed by atoms with Crippen molar-refractivity contribution >= 4 is 12.1 Å². The van der Waals surface area contributed by atoms with Crippen LogP contribution in [-0.4, -0.2) is 55.7 Å². The first-order chi connectivity index (χ1) is 12.6. The Labute approximate surface area is 159 Å². The second-order valence-electron chi connectivity index (χ2n) is 6.84. The van der Waals surface area contributed by atoms with Crippen molar-refractivity contribution in [1.82, 2.24) is 5.32 Å². The van der Waals surface area contributed by atoms with Gasteiger partial charge >= 0.3 is 12.1 Å². The number of hydrogen-bond donors (Lipinski definition) is 2. The van der Waals surface area contributed by atoms with Crippen LogP contribution >= 0.6 is 0 Å². The molecule has 0 aromatic heterocycles. The molecule has 1 amide bonds. The number of aliphatic hydroxyl groups excluding tert-OH is 1. The van der Waals surface area contributed by atoms with Gasteiger partial charge in [0.2, 0.25) is 0 Å². The normalized spacial score (nSPS) is 13.3. The van der Waals surface area contributed by atoms with Crippen LogP contribution in [0.15, 0.2) is 18.2 Å². The first-order valence-electron chi connectivity index (χ1n) is 8.66. The summed E-state index contributed by atoms with van der Waals surface area (Å²) in [4.78, 5) is 24.1. The minimum atomic E-state index is -1.57. The maximum atomic E-state index is 12.2. The van der Waals surface area contributed by atoms with E-state index in [2.05, 4.69) is 5.32 Å². The Morgan fingerprint density at radius 3 is 2.30 bits per heavy atom. The fraction of sp³-hybridized carbons (Fsp3) is 0.579. The first kappa shape index (κ1) is 22.6. The molecule has 0 aliphatic heterocycles. The molecule has 1 aromatic rings. The van der Waals surface area contributed by atoms with Crippen molar-refractivity contribution in [2.75, 3.05) is 20.8 Å². The number of carbonyl (C=O) groups is 2. The van der Waals surface area contributed by atoms with Crippen molar-refractivity contribution in [1.29, 1.82) is 0 Å². The Morgan fingerprint density at radius 2 is 1.78 bits per heavy atom. The number of amides is 1. The van der Waals surface area contributed by atoms with E-state index >= 15 is 0 Å². The van der Waals surface area contributed by atoms with E-state index in [1.807, 2.05) is 0 Å². The maximum Gasteiger partial charge on any atom is 0.407 e. The topological polar surface area (TPSA) is 103 Å². The van der Waals surface area contributed by atoms with E-state index in [0.717, 1.165) is 5.56 Å². The number of nitrogens with one attached hydrogen (secondary N) is 1. The minimum Gasteiger partial charge on any atom is -0.493 e. The van der Waals surface area contributed by atoms with Crippen LogP contribution in [0.2, 0.25) is 0 Å². The van der Waals surface area contributed by atoms with Gasteiger partial charge in [-0.3, -0.25) is 0 Å². The highest BCUT2D eigenvalue weighted by Crippen LogP contribution is 2.28. The third-order valence-electron chi connectivity index (χ3n) is 3.51. The summed E-state index contributed by atoms with van der Waals surface area (Å²) in [7, 11) is 3.03. The minimum absolute atomic E-state index is 0.152. The molecule has 2 N–H and O–H groups in total. The Kier molecular flexibility index (Phi) is 8.36. The summed E-state index contributed by atoms with van der Waals surface area (Å²) in [5.41, 5.74) is -0.0485. The van der Waals surface area contributed by atoms with Gasteiger partial charge in [0.05, 0.1) is 26.9 Å². The number of ether oxygens (including phenoxy) is 4. The fourth-order valence-electron chi connectivity index (χ4n) is 2.35. The molecule has 152 valence electrons. The molecule has 1 rings (SSSR count). The maximum absolute atomic E-state index is 12.2. The van der Waals surface area contributed by atoms with Gasteiger partial charge in [0.1, 0.15) is 5.60 Å². The smallest absolute Gasteiger partial charge is 0.407 e. The van der Waals surface area contributed by atoms with Gasteiger partial charge < -0.3 is 29.4 Å². The van der Waals surface area contributed by atoms with Crippen LogP contribution in [0, 0.1) is 0 Å². The lowest BCUT2D eigenvalue weighted by Crippen LogP contribution is -2.50. The van der Waals surface area contributed by atoms with Crippen molar-refractivity contribution in [2.24, 2.45) is 0 Å². The molecule has 2 atom stereocenters. The predicted molar refractivity (Wildman–Crippen MR) is 99.0 cm³/mol. The summed E-state index contributed by atoms with van der Waals surface area (Å²) in [6, 6.07) is 4.22. The first-order valence-corrected chi connectivity index (χ1v) is 8.66. The number of rotatable bonds is 8. The van der Waals surface area contributed by atoms with Crippen LogP contribution in [0.3, 0.4) is 0 Å². The van der Waals surface area contributed by atoms with Gasteiger partial charge in [-0.25, -0.2) is 9.59 Å². The number of carbonyl (C=O) groups excluding carboxylic acids is 2. The zero-order valence-electron chi connectivity index (χ0n) is 16.7. The zero-order chi connectivity index (χ0) is 20.6. The molecule has 8 heteroatoms. The van der Waals surface area contributed by atoms with Crippen LogP contribution < -0.4 is 14.8 Å². The summed E-state index contributed by atoms with van der Waals surface area (Å²) < 4.78 is 20.5. The molecule has 0 heterocycles. The van der Waals surface area contributed by atoms with Gasteiger partial charge in [0.25, 0.3) is 0 Å². The molecular weight excluding hydrogens is 354 g/mol. The number of alkyl carbamates (subject to hydrolysis) is 1. The molecule has 0 aliphatic rings. The van der Waals surface area contributed by atoms with Crippen molar-refractivity contribution in [2.45, 2.75) is 51.9 Å². The molecule has 0 fully saturated rings. The van der Waals surface area contributed by atoms with Crippen molar-refractivity contribution in [3.05, 3.63) is 23.8 Å². The summed E-state index contributed by atoms with van der Waals surface area (Å²) in [5, 5.41) is 13.0. The van der Waals surface area contributed by atoms with Gasteiger partial charge in [0.15, 0.2) is 17.6 Å². The average molecular weight is 383 g/mol. The van der Waals surface area contributed by atoms with E-state index in [1.54, 1.807) is 45.9 Å². The molecular formula is C19H29NO7. The molecule has 0 spiro atoms. The lowest BCUT2D eigenvalue weighted by Gasteiger charge is -2.26. The van der Waals surface area contributed by atoms with Crippen LogP contribution in [0.5, 0.6) is 11.5 Å². The zero-order valence-corrected chi connectivity index (χ0v) is 16.7. The molecule has 8 nitrogen and oxygen atoms in total. The molecule has 0 saturated heterocycles. The van der Waals surface area contributed by atoms with E-state index in [4.69, 9.17) is 18.9 Å². The highest BCUT2D eigenvalue weighted by atomic mass is 16.6. The van der Waals surface area contributed by atoms with Crippen molar-refractivity contribution in [3.63, 3.8) is 0 Å². The van der Waals surface area contributed by atoms with Gasteiger partial charge in [0, 0.05) is 0 Å².